The van der Waals surface area contributed by atoms with E-state index in [0.29, 0.717) is 11.6 Å². The molecule has 0 radical (unpaired) electrons. The first-order valence-electron chi connectivity index (χ1n) is 6.02. The molecule has 0 atom stereocenters. The van der Waals surface area contributed by atoms with Gasteiger partial charge in [0.2, 0.25) is 0 Å². The molecule has 1 aromatic carbocycles. The Morgan fingerprint density at radius 3 is 2.35 bits per heavy atom. The third kappa shape index (κ3) is 2.20. The topological polar surface area (TPSA) is 89.3 Å². The monoisotopic (exact) mass is 234 g/mol. The van der Waals surface area contributed by atoms with Crippen molar-refractivity contribution in [2.75, 3.05) is 11.5 Å². The normalized spacial score (nSPS) is 16.9. The van der Waals surface area contributed by atoms with Gasteiger partial charge in [0.15, 0.2) is 0 Å². The molecular formula is C13H18N2O2. The van der Waals surface area contributed by atoms with Gasteiger partial charge in [-0.2, -0.15) is 0 Å². The second kappa shape index (κ2) is 4.65. The summed E-state index contributed by atoms with van der Waals surface area (Å²) >= 11 is 0. The van der Waals surface area contributed by atoms with Crippen LogP contribution in [0.4, 0.5) is 11.4 Å². The quantitative estimate of drug-likeness (QED) is 0.686. The Labute approximate surface area is 101 Å². The summed E-state index contributed by atoms with van der Waals surface area (Å²) in [6.45, 7) is 0. The molecule has 4 nitrogen and oxygen atoms in total. The minimum Gasteiger partial charge on any atom is -0.478 e. The fourth-order valence-corrected chi connectivity index (χ4v) is 2.61. The Balaban J connectivity index is 2.36. The number of rotatable bonds is 2. The van der Waals surface area contributed by atoms with Crippen LogP contribution in [0.1, 0.15) is 53.9 Å². The van der Waals surface area contributed by atoms with Crippen LogP contribution in [0.25, 0.3) is 0 Å². The molecule has 0 amide bonds. The molecule has 0 unspecified atom stereocenters. The molecule has 0 aliphatic heterocycles. The Morgan fingerprint density at radius 2 is 1.76 bits per heavy atom. The summed E-state index contributed by atoms with van der Waals surface area (Å²) < 4.78 is 0. The van der Waals surface area contributed by atoms with Gasteiger partial charge < -0.3 is 16.6 Å². The number of aromatic carboxylic acids is 1. The van der Waals surface area contributed by atoms with Gasteiger partial charge >= 0.3 is 5.97 Å². The van der Waals surface area contributed by atoms with Gasteiger partial charge in [0.05, 0.1) is 16.9 Å². The molecule has 1 saturated carbocycles. The van der Waals surface area contributed by atoms with Crippen LogP contribution in [0.5, 0.6) is 0 Å². The molecule has 0 saturated heterocycles. The van der Waals surface area contributed by atoms with Gasteiger partial charge in [-0.3, -0.25) is 0 Å². The van der Waals surface area contributed by atoms with E-state index in [0.717, 1.165) is 18.4 Å². The largest absolute Gasteiger partial charge is 0.478 e. The van der Waals surface area contributed by atoms with E-state index < -0.39 is 5.97 Å². The van der Waals surface area contributed by atoms with E-state index in [1.54, 1.807) is 6.07 Å². The smallest absolute Gasteiger partial charge is 0.337 e. The number of nitrogen functional groups attached to an aromatic ring is 2. The van der Waals surface area contributed by atoms with Crippen LogP contribution in [0, 0.1) is 0 Å². The number of hydrogen-bond acceptors (Lipinski definition) is 3. The molecule has 1 aliphatic rings. The first-order chi connectivity index (χ1) is 8.11. The molecule has 4 heteroatoms. The second-order valence-electron chi connectivity index (χ2n) is 4.67. The van der Waals surface area contributed by atoms with E-state index >= 15 is 0 Å². The van der Waals surface area contributed by atoms with Gasteiger partial charge in [0, 0.05) is 0 Å². The lowest BCUT2D eigenvalue weighted by Gasteiger charge is -2.24. The molecule has 1 fully saturated rings. The number of carboxylic acid groups (broad SMARTS) is 1. The zero-order valence-electron chi connectivity index (χ0n) is 9.78. The Bertz CT molecular complexity index is 437. The lowest BCUT2D eigenvalue weighted by atomic mass is 9.82. The van der Waals surface area contributed by atoms with Crippen LogP contribution in [0.15, 0.2) is 12.1 Å². The summed E-state index contributed by atoms with van der Waals surface area (Å²) in [5.41, 5.74) is 13.5. The number of anilines is 2. The molecule has 1 aliphatic carbocycles. The fourth-order valence-electron chi connectivity index (χ4n) is 2.61. The lowest BCUT2D eigenvalue weighted by molar-refractivity contribution is 0.0698. The van der Waals surface area contributed by atoms with Crippen LogP contribution in [0.2, 0.25) is 0 Å². The average Bonchev–Trinajstić information content (AvgIpc) is 2.33. The molecular weight excluding hydrogens is 216 g/mol. The van der Waals surface area contributed by atoms with Crippen LogP contribution >= 0.6 is 0 Å². The van der Waals surface area contributed by atoms with Crippen molar-refractivity contribution < 1.29 is 9.90 Å². The Hall–Kier alpha value is -1.71. The maximum atomic E-state index is 10.9. The summed E-state index contributed by atoms with van der Waals surface area (Å²) in [5.74, 6) is -0.585. The van der Waals surface area contributed by atoms with Gasteiger partial charge in [-0.05, 0) is 30.4 Å². The first kappa shape index (κ1) is 11.8. The van der Waals surface area contributed by atoms with E-state index in [2.05, 4.69) is 0 Å². The van der Waals surface area contributed by atoms with Crippen molar-refractivity contribution in [3.8, 4) is 0 Å². The number of hydrogen-bond donors (Lipinski definition) is 3. The molecule has 0 bridgehead atoms. The van der Waals surface area contributed by atoms with Crippen molar-refractivity contribution in [1.82, 2.24) is 0 Å². The minimum absolute atomic E-state index is 0.0991. The third-order valence-electron chi connectivity index (χ3n) is 3.60. The van der Waals surface area contributed by atoms with E-state index in [9.17, 15) is 4.79 Å². The highest BCUT2D eigenvalue weighted by atomic mass is 16.4. The number of nitrogens with two attached hydrogens (primary N) is 2. The molecule has 92 valence electrons. The second-order valence-corrected chi connectivity index (χ2v) is 4.67. The standard InChI is InChI=1S/C13H18N2O2/c14-11-9(8-4-2-1-3-5-8)6-7-10(12(11)15)13(16)17/h6-8H,1-5,14-15H2,(H,16,17). The predicted molar refractivity (Wildman–Crippen MR) is 68.1 cm³/mol. The summed E-state index contributed by atoms with van der Waals surface area (Å²) in [6.07, 6.45) is 5.95. The molecule has 17 heavy (non-hydrogen) atoms. The maximum Gasteiger partial charge on any atom is 0.337 e. The zero-order chi connectivity index (χ0) is 12.4. The molecule has 5 N–H and O–H groups in total. The summed E-state index contributed by atoms with van der Waals surface area (Å²) in [5, 5.41) is 8.96. The summed E-state index contributed by atoms with van der Waals surface area (Å²) in [7, 11) is 0. The Kier molecular flexibility index (Phi) is 3.22. The summed E-state index contributed by atoms with van der Waals surface area (Å²) in [4.78, 5) is 10.9. The third-order valence-corrected chi connectivity index (χ3v) is 3.60. The van der Waals surface area contributed by atoms with Crippen molar-refractivity contribution >= 4 is 17.3 Å². The SMILES string of the molecule is Nc1c(C(=O)O)ccc(C2CCCCC2)c1N. The molecule has 0 heterocycles. The molecule has 1 aromatic rings. The average molecular weight is 234 g/mol. The van der Waals surface area contributed by atoms with Crippen molar-refractivity contribution in [2.45, 2.75) is 38.0 Å². The van der Waals surface area contributed by atoms with Crippen LogP contribution in [-0.4, -0.2) is 11.1 Å². The van der Waals surface area contributed by atoms with Gasteiger partial charge in [0.25, 0.3) is 0 Å². The molecule has 0 aromatic heterocycles. The Morgan fingerprint density at radius 1 is 1.12 bits per heavy atom. The fraction of sp³-hybridized carbons (Fsp3) is 0.462. The van der Waals surface area contributed by atoms with Crippen molar-refractivity contribution in [2.24, 2.45) is 0 Å². The highest BCUT2D eigenvalue weighted by Crippen LogP contribution is 2.38. The summed E-state index contributed by atoms with van der Waals surface area (Å²) in [6, 6.07) is 3.39. The van der Waals surface area contributed by atoms with Crippen LogP contribution in [-0.2, 0) is 0 Å². The van der Waals surface area contributed by atoms with Crippen molar-refractivity contribution in [1.29, 1.82) is 0 Å². The zero-order valence-corrected chi connectivity index (χ0v) is 9.78. The van der Waals surface area contributed by atoms with E-state index in [4.69, 9.17) is 16.6 Å². The number of carboxylic acids is 1. The lowest BCUT2D eigenvalue weighted by Crippen LogP contribution is -2.12. The molecule has 0 spiro atoms. The highest BCUT2D eigenvalue weighted by Gasteiger charge is 2.21. The number of benzene rings is 1. The van der Waals surface area contributed by atoms with Crippen LogP contribution < -0.4 is 11.5 Å². The van der Waals surface area contributed by atoms with Crippen molar-refractivity contribution in [3.05, 3.63) is 23.3 Å². The predicted octanol–water partition coefficient (Wildman–Crippen LogP) is 2.60. The first-order valence-corrected chi connectivity index (χ1v) is 6.02. The highest BCUT2D eigenvalue weighted by molar-refractivity contribution is 5.97. The minimum atomic E-state index is -1.02. The van der Waals surface area contributed by atoms with E-state index in [-0.39, 0.29) is 11.3 Å². The van der Waals surface area contributed by atoms with Crippen LogP contribution in [0.3, 0.4) is 0 Å². The van der Waals surface area contributed by atoms with Gasteiger partial charge in [-0.15, -0.1) is 0 Å². The van der Waals surface area contributed by atoms with Crippen molar-refractivity contribution in [3.63, 3.8) is 0 Å². The molecule has 2 rings (SSSR count). The van der Waals surface area contributed by atoms with Gasteiger partial charge in [-0.25, -0.2) is 4.79 Å². The van der Waals surface area contributed by atoms with Gasteiger partial charge in [-0.1, -0.05) is 25.3 Å². The number of carbonyl (C=O) groups is 1. The maximum absolute atomic E-state index is 10.9. The van der Waals surface area contributed by atoms with Gasteiger partial charge in [0.1, 0.15) is 0 Å². The van der Waals surface area contributed by atoms with E-state index in [1.165, 1.54) is 19.3 Å². The van der Waals surface area contributed by atoms with E-state index in [1.807, 2.05) is 6.07 Å².